The summed E-state index contributed by atoms with van der Waals surface area (Å²) in [5.41, 5.74) is 2.05. The summed E-state index contributed by atoms with van der Waals surface area (Å²) in [4.78, 5) is 15.8. The lowest BCUT2D eigenvalue weighted by atomic mass is 10.2. The number of anilines is 1. The monoisotopic (exact) mass is 256 g/mol. The Morgan fingerprint density at radius 1 is 1.26 bits per heavy atom. The van der Waals surface area contributed by atoms with Crippen LogP contribution in [0.4, 0.5) is 5.82 Å². The van der Waals surface area contributed by atoms with Gasteiger partial charge in [0.2, 0.25) is 0 Å². The first-order valence-corrected chi connectivity index (χ1v) is 6.06. The van der Waals surface area contributed by atoms with Gasteiger partial charge in [0.1, 0.15) is 11.6 Å². The molecule has 1 N–H and O–H groups in total. The minimum Gasteiger partial charge on any atom is -0.483 e. The minimum absolute atomic E-state index is 0.0273. The van der Waals surface area contributed by atoms with E-state index in [0.717, 1.165) is 16.9 Å². The first-order chi connectivity index (χ1) is 9.15. The molecule has 1 aromatic carbocycles. The van der Waals surface area contributed by atoms with E-state index >= 15 is 0 Å². The lowest BCUT2D eigenvalue weighted by molar-refractivity contribution is -0.118. The Labute approximate surface area is 112 Å². The van der Waals surface area contributed by atoms with Crippen LogP contribution < -0.4 is 10.1 Å². The van der Waals surface area contributed by atoms with Crippen molar-refractivity contribution in [1.82, 2.24) is 4.98 Å². The van der Waals surface area contributed by atoms with Crippen molar-refractivity contribution in [2.24, 2.45) is 0 Å². The van der Waals surface area contributed by atoms with E-state index < -0.39 is 0 Å². The van der Waals surface area contributed by atoms with Gasteiger partial charge in [-0.1, -0.05) is 18.2 Å². The molecule has 2 aromatic rings. The maximum Gasteiger partial charge on any atom is 0.263 e. The van der Waals surface area contributed by atoms with Crippen molar-refractivity contribution in [3.8, 4) is 5.75 Å². The zero-order valence-electron chi connectivity index (χ0n) is 11.0. The molecule has 4 heteroatoms. The molecule has 0 aliphatic carbocycles. The van der Waals surface area contributed by atoms with Crippen molar-refractivity contribution in [1.29, 1.82) is 0 Å². The van der Waals surface area contributed by atoms with Gasteiger partial charge in [-0.3, -0.25) is 4.79 Å². The Bertz CT molecular complexity index is 582. The molecular weight excluding hydrogens is 240 g/mol. The van der Waals surface area contributed by atoms with E-state index in [1.807, 2.05) is 50.2 Å². The van der Waals surface area contributed by atoms with Crippen molar-refractivity contribution in [2.75, 3.05) is 11.9 Å². The zero-order chi connectivity index (χ0) is 13.7. The molecule has 19 heavy (non-hydrogen) atoms. The number of pyridine rings is 1. The summed E-state index contributed by atoms with van der Waals surface area (Å²) in [5.74, 6) is 1.04. The van der Waals surface area contributed by atoms with Gasteiger partial charge in [-0.2, -0.15) is 0 Å². The van der Waals surface area contributed by atoms with E-state index in [2.05, 4.69) is 10.3 Å². The topological polar surface area (TPSA) is 51.2 Å². The molecule has 0 aliphatic rings. The Morgan fingerprint density at radius 3 is 2.79 bits per heavy atom. The van der Waals surface area contributed by atoms with Crippen LogP contribution in [0, 0.1) is 13.8 Å². The number of hydrogen-bond donors (Lipinski definition) is 1. The normalized spacial score (nSPS) is 10.0. The number of nitrogens with one attached hydrogen (secondary N) is 1. The first-order valence-electron chi connectivity index (χ1n) is 6.06. The highest BCUT2D eigenvalue weighted by Crippen LogP contribution is 2.16. The number of hydrogen-bond acceptors (Lipinski definition) is 3. The Balaban J connectivity index is 1.90. The van der Waals surface area contributed by atoms with Gasteiger partial charge in [0.05, 0.1) is 0 Å². The molecule has 0 bridgehead atoms. The predicted molar refractivity (Wildman–Crippen MR) is 74.3 cm³/mol. The standard InChI is InChI=1S/C15H16N2O2/c1-11-7-8-16-14(9-11)17-15(18)10-19-13-6-4-3-5-12(13)2/h3-9H,10H2,1-2H3,(H,16,17,18). The van der Waals surface area contributed by atoms with Gasteiger partial charge in [0, 0.05) is 6.20 Å². The summed E-state index contributed by atoms with van der Waals surface area (Å²) >= 11 is 0. The molecule has 0 spiro atoms. The highest BCUT2D eigenvalue weighted by atomic mass is 16.5. The maximum atomic E-state index is 11.7. The number of nitrogens with zero attached hydrogens (tertiary/aromatic N) is 1. The largest absolute Gasteiger partial charge is 0.483 e. The van der Waals surface area contributed by atoms with E-state index in [9.17, 15) is 4.79 Å². The van der Waals surface area contributed by atoms with Crippen molar-refractivity contribution in [3.63, 3.8) is 0 Å². The SMILES string of the molecule is Cc1ccnc(NC(=O)COc2ccccc2C)c1. The molecule has 0 radical (unpaired) electrons. The fourth-order valence-corrected chi connectivity index (χ4v) is 1.65. The molecule has 2 rings (SSSR count). The van der Waals surface area contributed by atoms with Gasteiger partial charge >= 0.3 is 0 Å². The van der Waals surface area contributed by atoms with Gasteiger partial charge in [0.15, 0.2) is 6.61 Å². The van der Waals surface area contributed by atoms with Crippen LogP contribution in [0.1, 0.15) is 11.1 Å². The van der Waals surface area contributed by atoms with Crippen LogP contribution in [0.15, 0.2) is 42.6 Å². The van der Waals surface area contributed by atoms with Gasteiger partial charge < -0.3 is 10.1 Å². The van der Waals surface area contributed by atoms with Crippen LogP contribution in [0.3, 0.4) is 0 Å². The molecular formula is C15H16N2O2. The second-order valence-electron chi connectivity index (χ2n) is 4.32. The maximum absolute atomic E-state index is 11.7. The van der Waals surface area contributed by atoms with Crippen molar-refractivity contribution >= 4 is 11.7 Å². The second-order valence-corrected chi connectivity index (χ2v) is 4.32. The van der Waals surface area contributed by atoms with Gasteiger partial charge in [-0.15, -0.1) is 0 Å². The molecule has 0 unspecified atom stereocenters. The summed E-state index contributed by atoms with van der Waals surface area (Å²) in [6.07, 6.45) is 1.66. The van der Waals surface area contributed by atoms with Crippen LogP contribution in [-0.2, 0) is 4.79 Å². The molecule has 0 aliphatic heterocycles. The third kappa shape index (κ3) is 3.81. The molecule has 1 aromatic heterocycles. The highest BCUT2D eigenvalue weighted by Gasteiger charge is 2.05. The van der Waals surface area contributed by atoms with Crippen LogP contribution >= 0.6 is 0 Å². The van der Waals surface area contributed by atoms with E-state index in [1.165, 1.54) is 0 Å². The number of amides is 1. The number of carbonyl (C=O) groups excluding carboxylic acids is 1. The van der Waals surface area contributed by atoms with E-state index in [1.54, 1.807) is 6.20 Å². The summed E-state index contributed by atoms with van der Waals surface area (Å²) in [7, 11) is 0. The number of para-hydroxylation sites is 1. The molecule has 4 nitrogen and oxygen atoms in total. The Hall–Kier alpha value is -2.36. The quantitative estimate of drug-likeness (QED) is 0.915. The van der Waals surface area contributed by atoms with Gasteiger partial charge in [-0.05, 0) is 43.2 Å². The average Bonchev–Trinajstić information content (AvgIpc) is 2.38. The second kappa shape index (κ2) is 6.00. The van der Waals surface area contributed by atoms with Gasteiger partial charge in [0.25, 0.3) is 5.91 Å². The molecule has 1 heterocycles. The fourth-order valence-electron chi connectivity index (χ4n) is 1.65. The highest BCUT2D eigenvalue weighted by molar-refractivity contribution is 5.91. The molecule has 0 saturated carbocycles. The van der Waals surface area contributed by atoms with E-state index in [-0.39, 0.29) is 12.5 Å². The number of rotatable bonds is 4. The van der Waals surface area contributed by atoms with Crippen molar-refractivity contribution < 1.29 is 9.53 Å². The summed E-state index contributed by atoms with van der Waals surface area (Å²) in [5, 5.41) is 2.70. The lowest BCUT2D eigenvalue weighted by Crippen LogP contribution is -2.21. The molecule has 0 fully saturated rings. The van der Waals surface area contributed by atoms with Crippen molar-refractivity contribution in [2.45, 2.75) is 13.8 Å². The predicted octanol–water partition coefficient (Wildman–Crippen LogP) is 2.72. The van der Waals surface area contributed by atoms with Gasteiger partial charge in [-0.25, -0.2) is 4.98 Å². The minimum atomic E-state index is -0.221. The summed E-state index contributed by atoms with van der Waals surface area (Å²) in [6.45, 7) is 3.86. The smallest absolute Gasteiger partial charge is 0.263 e. The Kier molecular flexibility index (Phi) is 4.13. The molecule has 98 valence electrons. The number of aryl methyl sites for hydroxylation is 2. The van der Waals surface area contributed by atoms with Crippen molar-refractivity contribution in [3.05, 3.63) is 53.7 Å². The average molecular weight is 256 g/mol. The molecule has 0 saturated heterocycles. The number of aromatic nitrogens is 1. The summed E-state index contributed by atoms with van der Waals surface area (Å²) in [6, 6.07) is 11.3. The first kappa shape index (κ1) is 13.1. The van der Waals surface area contributed by atoms with Crippen LogP contribution in [0.2, 0.25) is 0 Å². The molecule has 1 amide bonds. The fraction of sp³-hybridized carbons (Fsp3) is 0.200. The van der Waals surface area contributed by atoms with E-state index in [0.29, 0.717) is 5.82 Å². The van der Waals surface area contributed by atoms with E-state index in [4.69, 9.17) is 4.74 Å². The van der Waals surface area contributed by atoms with Crippen LogP contribution in [-0.4, -0.2) is 17.5 Å². The third-order valence-corrected chi connectivity index (χ3v) is 2.64. The van der Waals surface area contributed by atoms with Crippen LogP contribution in [0.5, 0.6) is 5.75 Å². The lowest BCUT2D eigenvalue weighted by Gasteiger charge is -2.09. The van der Waals surface area contributed by atoms with Crippen LogP contribution in [0.25, 0.3) is 0 Å². The number of carbonyl (C=O) groups is 1. The number of benzene rings is 1. The zero-order valence-corrected chi connectivity index (χ0v) is 11.0. The summed E-state index contributed by atoms with van der Waals surface area (Å²) < 4.78 is 5.46. The third-order valence-electron chi connectivity index (χ3n) is 2.64. The Morgan fingerprint density at radius 2 is 2.05 bits per heavy atom. The number of ether oxygens (including phenoxy) is 1. The molecule has 0 atom stereocenters.